The SMILES string of the molecule is CN(C)c1cccc(C(=O)N2CCC(c3cc4ccccc4cn3)C2)c1. The van der Waals surface area contributed by atoms with Crippen molar-refractivity contribution in [3.63, 3.8) is 0 Å². The lowest BCUT2D eigenvalue weighted by molar-refractivity contribution is 0.0790. The first-order chi connectivity index (χ1) is 12.6. The molecular weight excluding hydrogens is 322 g/mol. The van der Waals surface area contributed by atoms with Crippen molar-refractivity contribution in [2.24, 2.45) is 0 Å². The van der Waals surface area contributed by atoms with Gasteiger partial charge in [-0.25, -0.2) is 0 Å². The monoisotopic (exact) mass is 345 g/mol. The van der Waals surface area contributed by atoms with E-state index in [1.54, 1.807) is 0 Å². The molecule has 26 heavy (non-hydrogen) atoms. The number of carbonyl (C=O) groups excluding carboxylic acids is 1. The number of hydrogen-bond donors (Lipinski definition) is 0. The third-order valence-corrected chi connectivity index (χ3v) is 5.16. The number of benzene rings is 2. The summed E-state index contributed by atoms with van der Waals surface area (Å²) in [7, 11) is 3.97. The third-order valence-electron chi connectivity index (χ3n) is 5.16. The summed E-state index contributed by atoms with van der Waals surface area (Å²) in [6, 6.07) is 18.3. The lowest BCUT2D eigenvalue weighted by atomic mass is 10.0. The minimum absolute atomic E-state index is 0.108. The smallest absolute Gasteiger partial charge is 0.253 e. The Morgan fingerprint density at radius 3 is 2.69 bits per heavy atom. The van der Waals surface area contributed by atoms with Gasteiger partial charge in [0, 0.05) is 61.6 Å². The molecule has 132 valence electrons. The number of aromatic nitrogens is 1. The maximum atomic E-state index is 12.9. The van der Waals surface area contributed by atoms with E-state index < -0.39 is 0 Å². The van der Waals surface area contributed by atoms with Gasteiger partial charge in [-0.3, -0.25) is 9.78 Å². The van der Waals surface area contributed by atoms with E-state index in [0.29, 0.717) is 5.92 Å². The van der Waals surface area contributed by atoms with Crippen LogP contribution in [0.25, 0.3) is 10.8 Å². The van der Waals surface area contributed by atoms with Crippen LogP contribution in [0.4, 0.5) is 5.69 Å². The summed E-state index contributed by atoms with van der Waals surface area (Å²) in [6.45, 7) is 1.51. The number of anilines is 1. The van der Waals surface area contributed by atoms with Crippen LogP contribution in [-0.4, -0.2) is 43.0 Å². The molecule has 1 aliphatic heterocycles. The van der Waals surface area contributed by atoms with Crippen molar-refractivity contribution < 1.29 is 4.79 Å². The highest BCUT2D eigenvalue weighted by atomic mass is 16.2. The molecule has 3 aromatic rings. The number of rotatable bonds is 3. The van der Waals surface area contributed by atoms with E-state index in [1.165, 1.54) is 5.39 Å². The highest BCUT2D eigenvalue weighted by Crippen LogP contribution is 2.29. The van der Waals surface area contributed by atoms with Crippen molar-refractivity contribution in [1.82, 2.24) is 9.88 Å². The Morgan fingerprint density at radius 2 is 1.88 bits per heavy atom. The van der Waals surface area contributed by atoms with Gasteiger partial charge in [0.05, 0.1) is 0 Å². The Labute approximate surface area is 154 Å². The van der Waals surface area contributed by atoms with Gasteiger partial charge in [-0.1, -0.05) is 30.3 Å². The Morgan fingerprint density at radius 1 is 1.08 bits per heavy atom. The van der Waals surface area contributed by atoms with E-state index in [2.05, 4.69) is 23.2 Å². The molecule has 1 aromatic heterocycles. The Hall–Kier alpha value is -2.88. The van der Waals surface area contributed by atoms with E-state index in [0.717, 1.165) is 41.8 Å². The predicted octanol–water partition coefficient (Wildman–Crippen LogP) is 3.93. The molecule has 0 bridgehead atoms. The zero-order chi connectivity index (χ0) is 18.1. The van der Waals surface area contributed by atoms with E-state index in [-0.39, 0.29) is 5.91 Å². The maximum Gasteiger partial charge on any atom is 0.253 e. The molecule has 0 N–H and O–H groups in total. The Balaban J connectivity index is 1.52. The number of nitrogens with zero attached hydrogens (tertiary/aromatic N) is 3. The van der Waals surface area contributed by atoms with Crippen LogP contribution in [0.1, 0.15) is 28.4 Å². The van der Waals surface area contributed by atoms with Crippen LogP contribution in [0.15, 0.2) is 60.8 Å². The average molecular weight is 345 g/mol. The van der Waals surface area contributed by atoms with Gasteiger partial charge in [-0.2, -0.15) is 0 Å². The molecule has 0 saturated carbocycles. The van der Waals surface area contributed by atoms with Crippen molar-refractivity contribution in [3.8, 4) is 0 Å². The Kier molecular flexibility index (Phi) is 4.33. The van der Waals surface area contributed by atoms with Crippen LogP contribution in [-0.2, 0) is 0 Å². The van der Waals surface area contributed by atoms with E-state index in [4.69, 9.17) is 0 Å². The second kappa shape index (κ2) is 6.79. The topological polar surface area (TPSA) is 36.4 Å². The largest absolute Gasteiger partial charge is 0.378 e. The van der Waals surface area contributed by atoms with Crippen LogP contribution in [0.2, 0.25) is 0 Å². The van der Waals surface area contributed by atoms with Crippen molar-refractivity contribution in [2.45, 2.75) is 12.3 Å². The van der Waals surface area contributed by atoms with Crippen molar-refractivity contribution >= 4 is 22.4 Å². The lowest BCUT2D eigenvalue weighted by Crippen LogP contribution is -2.28. The molecule has 0 radical (unpaired) electrons. The van der Waals surface area contributed by atoms with E-state index >= 15 is 0 Å². The molecule has 1 unspecified atom stereocenters. The first-order valence-electron chi connectivity index (χ1n) is 9.03. The Bertz CT molecular complexity index is 951. The second-order valence-corrected chi connectivity index (χ2v) is 7.14. The summed E-state index contributed by atoms with van der Waals surface area (Å²) < 4.78 is 0. The molecule has 1 amide bonds. The van der Waals surface area contributed by atoms with Gasteiger partial charge < -0.3 is 9.80 Å². The molecule has 1 saturated heterocycles. The van der Waals surface area contributed by atoms with E-state index in [1.807, 2.05) is 66.5 Å². The number of fused-ring (bicyclic) bond motifs is 1. The molecule has 4 nitrogen and oxygen atoms in total. The summed E-state index contributed by atoms with van der Waals surface area (Å²) >= 11 is 0. The molecule has 2 aromatic carbocycles. The lowest BCUT2D eigenvalue weighted by Gasteiger charge is -2.18. The number of likely N-dealkylation sites (tertiary alicyclic amines) is 1. The van der Waals surface area contributed by atoms with Gasteiger partial charge in [-0.15, -0.1) is 0 Å². The summed E-state index contributed by atoms with van der Waals surface area (Å²) in [5.41, 5.74) is 2.88. The second-order valence-electron chi connectivity index (χ2n) is 7.14. The molecule has 0 aliphatic carbocycles. The van der Waals surface area contributed by atoms with Gasteiger partial charge >= 0.3 is 0 Å². The van der Waals surface area contributed by atoms with Crippen molar-refractivity contribution in [1.29, 1.82) is 0 Å². The summed E-state index contributed by atoms with van der Waals surface area (Å²) in [4.78, 5) is 21.5. The average Bonchev–Trinajstić information content (AvgIpc) is 3.17. The standard InChI is InChI=1S/C22H23N3O/c1-24(2)20-9-5-8-17(12-20)22(26)25-11-10-19(15-25)21-13-16-6-3-4-7-18(16)14-23-21/h3-9,12-14,19H,10-11,15H2,1-2H3. The quantitative estimate of drug-likeness (QED) is 0.722. The summed E-state index contributed by atoms with van der Waals surface area (Å²) in [6.07, 6.45) is 2.90. The number of carbonyl (C=O) groups is 1. The van der Waals surface area contributed by atoms with Gasteiger partial charge in [-0.05, 0) is 36.1 Å². The van der Waals surface area contributed by atoms with Crippen LogP contribution in [0, 0.1) is 0 Å². The highest BCUT2D eigenvalue weighted by molar-refractivity contribution is 5.95. The van der Waals surface area contributed by atoms with Crippen molar-refractivity contribution in [3.05, 3.63) is 72.1 Å². The molecular formula is C22H23N3O. The number of amides is 1. The van der Waals surface area contributed by atoms with E-state index in [9.17, 15) is 4.79 Å². The number of pyridine rings is 1. The maximum absolute atomic E-state index is 12.9. The molecule has 4 rings (SSSR count). The zero-order valence-electron chi connectivity index (χ0n) is 15.2. The third kappa shape index (κ3) is 3.15. The van der Waals surface area contributed by atoms with Crippen molar-refractivity contribution in [2.75, 3.05) is 32.1 Å². The number of hydrogen-bond acceptors (Lipinski definition) is 3. The fraction of sp³-hybridized carbons (Fsp3) is 0.273. The van der Waals surface area contributed by atoms with Gasteiger partial charge in [0.15, 0.2) is 0 Å². The fourth-order valence-electron chi connectivity index (χ4n) is 3.61. The summed E-state index contributed by atoms with van der Waals surface area (Å²) in [5.74, 6) is 0.414. The van der Waals surface area contributed by atoms with Crippen LogP contribution in [0.5, 0.6) is 0 Å². The molecule has 1 atom stereocenters. The fourth-order valence-corrected chi connectivity index (χ4v) is 3.61. The molecule has 4 heteroatoms. The van der Waals surface area contributed by atoms with Crippen LogP contribution >= 0.6 is 0 Å². The molecule has 1 aliphatic rings. The predicted molar refractivity (Wildman–Crippen MR) is 106 cm³/mol. The molecule has 2 heterocycles. The van der Waals surface area contributed by atoms with Gasteiger partial charge in [0.25, 0.3) is 5.91 Å². The minimum atomic E-state index is 0.108. The van der Waals surface area contributed by atoms with Crippen LogP contribution < -0.4 is 4.90 Å². The van der Waals surface area contributed by atoms with Gasteiger partial charge in [0.1, 0.15) is 0 Å². The first-order valence-corrected chi connectivity index (χ1v) is 9.03. The summed E-state index contributed by atoms with van der Waals surface area (Å²) in [5, 5.41) is 2.36. The normalized spacial score (nSPS) is 16.8. The minimum Gasteiger partial charge on any atom is -0.378 e. The first kappa shape index (κ1) is 16.6. The highest BCUT2D eigenvalue weighted by Gasteiger charge is 2.29. The molecule has 0 spiro atoms. The van der Waals surface area contributed by atoms with Gasteiger partial charge in [0.2, 0.25) is 0 Å². The van der Waals surface area contributed by atoms with Crippen LogP contribution in [0.3, 0.4) is 0 Å². The zero-order valence-corrected chi connectivity index (χ0v) is 15.2. The molecule has 1 fully saturated rings.